The van der Waals surface area contributed by atoms with Gasteiger partial charge in [0.2, 0.25) is 5.95 Å². The van der Waals surface area contributed by atoms with Gasteiger partial charge in [0.15, 0.2) is 0 Å². The van der Waals surface area contributed by atoms with Gasteiger partial charge in [-0.15, -0.1) is 5.10 Å². The van der Waals surface area contributed by atoms with Crippen molar-refractivity contribution in [3.8, 4) is 0 Å². The Labute approximate surface area is 95.3 Å². The fraction of sp³-hybridized carbons (Fsp3) is 0.727. The van der Waals surface area contributed by atoms with Crippen LogP contribution in [0.1, 0.15) is 30.7 Å². The summed E-state index contributed by atoms with van der Waals surface area (Å²) < 4.78 is 0. The molecule has 5 heteroatoms. The molecule has 1 aromatic rings. The number of aryl methyl sites for hydroxylation is 2. The van der Waals surface area contributed by atoms with E-state index in [1.54, 1.807) is 0 Å². The monoisotopic (exact) mass is 222 g/mol. The predicted octanol–water partition coefficient (Wildman–Crippen LogP) is 1.06. The van der Waals surface area contributed by atoms with Gasteiger partial charge in [-0.2, -0.15) is 5.10 Å². The quantitative estimate of drug-likeness (QED) is 0.800. The van der Waals surface area contributed by atoms with Crippen molar-refractivity contribution >= 4 is 5.95 Å². The zero-order valence-electron chi connectivity index (χ0n) is 9.77. The second-order valence-electron chi connectivity index (χ2n) is 4.52. The van der Waals surface area contributed by atoms with Crippen LogP contribution in [0.4, 0.5) is 5.95 Å². The van der Waals surface area contributed by atoms with Gasteiger partial charge in [-0.1, -0.05) is 0 Å². The molecule has 0 amide bonds. The molecule has 1 aromatic heterocycles. The third kappa shape index (κ3) is 2.66. The van der Waals surface area contributed by atoms with Crippen LogP contribution in [0.5, 0.6) is 0 Å². The van der Waals surface area contributed by atoms with E-state index in [2.05, 4.69) is 20.5 Å². The Kier molecular flexibility index (Phi) is 3.33. The molecule has 88 valence electrons. The summed E-state index contributed by atoms with van der Waals surface area (Å²) in [6.07, 6.45) is 2.75. The molecular weight excluding hydrogens is 204 g/mol. The van der Waals surface area contributed by atoms with E-state index in [4.69, 9.17) is 0 Å². The van der Waals surface area contributed by atoms with Crippen molar-refractivity contribution in [3.63, 3.8) is 0 Å². The summed E-state index contributed by atoms with van der Waals surface area (Å²) in [7, 11) is 0. The van der Waals surface area contributed by atoms with Gasteiger partial charge in [-0.05, 0) is 39.0 Å². The van der Waals surface area contributed by atoms with Crippen LogP contribution in [-0.2, 0) is 0 Å². The first-order valence-corrected chi connectivity index (χ1v) is 5.75. The van der Waals surface area contributed by atoms with E-state index in [0.29, 0.717) is 11.9 Å². The second-order valence-corrected chi connectivity index (χ2v) is 4.52. The number of nitrogens with one attached hydrogen (secondary N) is 1. The molecule has 0 radical (unpaired) electrons. The zero-order valence-corrected chi connectivity index (χ0v) is 9.77. The zero-order chi connectivity index (χ0) is 11.5. The molecule has 1 saturated carbocycles. The molecule has 1 fully saturated rings. The van der Waals surface area contributed by atoms with Crippen LogP contribution in [0.25, 0.3) is 0 Å². The summed E-state index contributed by atoms with van der Waals surface area (Å²) in [5.41, 5.74) is 1.77. The first-order chi connectivity index (χ1) is 7.65. The van der Waals surface area contributed by atoms with Crippen molar-refractivity contribution < 1.29 is 5.11 Å². The lowest BCUT2D eigenvalue weighted by Crippen LogP contribution is -2.15. The minimum Gasteiger partial charge on any atom is -0.393 e. The predicted molar refractivity (Wildman–Crippen MR) is 61.1 cm³/mol. The van der Waals surface area contributed by atoms with E-state index in [0.717, 1.165) is 37.2 Å². The molecule has 0 aromatic carbocycles. The van der Waals surface area contributed by atoms with Gasteiger partial charge in [-0.25, -0.2) is 4.98 Å². The summed E-state index contributed by atoms with van der Waals surface area (Å²) >= 11 is 0. The Morgan fingerprint density at radius 2 is 2.06 bits per heavy atom. The normalized spacial score (nSPS) is 24.7. The number of rotatable bonds is 3. The van der Waals surface area contributed by atoms with Gasteiger partial charge >= 0.3 is 0 Å². The maximum Gasteiger partial charge on any atom is 0.242 e. The Hall–Kier alpha value is -1.23. The molecule has 5 nitrogen and oxygen atoms in total. The molecule has 2 rings (SSSR count). The Morgan fingerprint density at radius 3 is 2.69 bits per heavy atom. The number of aliphatic hydroxyl groups is 1. The lowest BCUT2D eigenvalue weighted by atomic mass is 10.1. The fourth-order valence-electron chi connectivity index (χ4n) is 2.00. The Morgan fingerprint density at radius 1 is 1.25 bits per heavy atom. The van der Waals surface area contributed by atoms with Gasteiger partial charge in [0.25, 0.3) is 0 Å². The SMILES string of the molecule is Cc1nnc(NCC2CCC(O)C2)nc1C. The second kappa shape index (κ2) is 4.74. The topological polar surface area (TPSA) is 70.9 Å². The van der Waals surface area contributed by atoms with Gasteiger partial charge in [0.05, 0.1) is 17.5 Å². The highest BCUT2D eigenvalue weighted by Crippen LogP contribution is 2.25. The van der Waals surface area contributed by atoms with E-state index in [9.17, 15) is 5.11 Å². The maximum absolute atomic E-state index is 9.41. The summed E-state index contributed by atoms with van der Waals surface area (Å²) in [5, 5.41) is 20.6. The van der Waals surface area contributed by atoms with Crippen molar-refractivity contribution in [2.24, 2.45) is 5.92 Å². The van der Waals surface area contributed by atoms with E-state index in [-0.39, 0.29) is 6.10 Å². The van der Waals surface area contributed by atoms with Crippen LogP contribution in [0.2, 0.25) is 0 Å². The van der Waals surface area contributed by atoms with E-state index < -0.39 is 0 Å². The van der Waals surface area contributed by atoms with E-state index in [1.165, 1.54) is 0 Å². The van der Waals surface area contributed by atoms with Gasteiger partial charge in [0, 0.05) is 6.54 Å². The van der Waals surface area contributed by atoms with Crippen LogP contribution in [-0.4, -0.2) is 32.9 Å². The molecule has 2 unspecified atom stereocenters. The van der Waals surface area contributed by atoms with Gasteiger partial charge < -0.3 is 10.4 Å². The lowest BCUT2D eigenvalue weighted by Gasteiger charge is -2.10. The number of anilines is 1. The van der Waals surface area contributed by atoms with Crippen LogP contribution in [0, 0.1) is 19.8 Å². The van der Waals surface area contributed by atoms with E-state index in [1.807, 2.05) is 13.8 Å². The molecule has 16 heavy (non-hydrogen) atoms. The molecular formula is C11H18N4O. The number of aromatic nitrogens is 3. The first-order valence-electron chi connectivity index (χ1n) is 5.75. The summed E-state index contributed by atoms with van der Waals surface area (Å²) in [4.78, 5) is 4.31. The summed E-state index contributed by atoms with van der Waals surface area (Å²) in [6, 6.07) is 0. The third-order valence-corrected chi connectivity index (χ3v) is 3.15. The molecule has 1 heterocycles. The Balaban J connectivity index is 1.87. The van der Waals surface area contributed by atoms with Crippen molar-refractivity contribution in [2.75, 3.05) is 11.9 Å². The first kappa shape index (κ1) is 11.3. The number of aliphatic hydroxyl groups excluding tert-OH is 1. The van der Waals surface area contributed by atoms with E-state index >= 15 is 0 Å². The lowest BCUT2D eigenvalue weighted by molar-refractivity contribution is 0.178. The molecule has 2 atom stereocenters. The maximum atomic E-state index is 9.41. The molecule has 2 N–H and O–H groups in total. The fourth-order valence-corrected chi connectivity index (χ4v) is 2.00. The molecule has 0 saturated heterocycles. The third-order valence-electron chi connectivity index (χ3n) is 3.15. The highest BCUT2D eigenvalue weighted by Gasteiger charge is 2.22. The largest absolute Gasteiger partial charge is 0.393 e. The number of hydrogen-bond donors (Lipinski definition) is 2. The van der Waals surface area contributed by atoms with Crippen LogP contribution in [0.3, 0.4) is 0 Å². The highest BCUT2D eigenvalue weighted by molar-refractivity contribution is 5.24. The minimum absolute atomic E-state index is 0.120. The van der Waals surface area contributed by atoms with Crippen LogP contribution >= 0.6 is 0 Å². The van der Waals surface area contributed by atoms with Gasteiger partial charge in [0.1, 0.15) is 0 Å². The van der Waals surface area contributed by atoms with Crippen LogP contribution in [0.15, 0.2) is 0 Å². The molecule has 0 aliphatic heterocycles. The van der Waals surface area contributed by atoms with Gasteiger partial charge in [-0.3, -0.25) is 0 Å². The average Bonchev–Trinajstić information content (AvgIpc) is 2.66. The van der Waals surface area contributed by atoms with Crippen molar-refractivity contribution in [1.82, 2.24) is 15.2 Å². The average molecular weight is 222 g/mol. The molecule has 0 bridgehead atoms. The number of hydrogen-bond acceptors (Lipinski definition) is 5. The minimum atomic E-state index is -0.120. The summed E-state index contributed by atoms with van der Waals surface area (Å²) in [6.45, 7) is 4.64. The molecule has 1 aliphatic carbocycles. The molecule has 1 aliphatic rings. The smallest absolute Gasteiger partial charge is 0.242 e. The van der Waals surface area contributed by atoms with Crippen molar-refractivity contribution in [1.29, 1.82) is 0 Å². The Bertz CT molecular complexity index is 369. The molecule has 0 spiro atoms. The van der Waals surface area contributed by atoms with Crippen molar-refractivity contribution in [2.45, 2.75) is 39.2 Å². The van der Waals surface area contributed by atoms with Crippen molar-refractivity contribution in [3.05, 3.63) is 11.4 Å². The highest BCUT2D eigenvalue weighted by atomic mass is 16.3. The standard InChI is InChI=1S/C11H18N4O/c1-7-8(2)14-15-11(13-7)12-6-9-3-4-10(16)5-9/h9-10,16H,3-6H2,1-2H3,(H,12,13,15). The number of nitrogens with zero attached hydrogens (tertiary/aromatic N) is 3. The van der Waals surface area contributed by atoms with Crippen LogP contribution < -0.4 is 5.32 Å². The summed E-state index contributed by atoms with van der Waals surface area (Å²) in [5.74, 6) is 1.12.